The van der Waals surface area contributed by atoms with Crippen molar-refractivity contribution < 1.29 is 14.3 Å². The van der Waals surface area contributed by atoms with Crippen molar-refractivity contribution in [3.63, 3.8) is 0 Å². The summed E-state index contributed by atoms with van der Waals surface area (Å²) in [7, 11) is 0. The third kappa shape index (κ3) is 1.19. The fourth-order valence-electron chi connectivity index (χ4n) is 1.47. The molecule has 4 heteroatoms. The molecule has 2 aromatic rings. The fourth-order valence-corrected chi connectivity index (χ4v) is 2.52. The zero-order valence-electron chi connectivity index (χ0n) is 7.37. The van der Waals surface area contributed by atoms with Gasteiger partial charge in [-0.2, -0.15) is 0 Å². The van der Waals surface area contributed by atoms with E-state index in [0.29, 0.717) is 15.0 Å². The number of aromatic carboxylic acids is 1. The van der Waals surface area contributed by atoms with Crippen LogP contribution in [0.3, 0.4) is 0 Å². The number of benzene rings is 1. The summed E-state index contributed by atoms with van der Waals surface area (Å²) in [6.07, 6.45) is 0. The highest BCUT2D eigenvalue weighted by Gasteiger charge is 2.16. The van der Waals surface area contributed by atoms with E-state index in [1.807, 2.05) is 0 Å². The van der Waals surface area contributed by atoms with Gasteiger partial charge < -0.3 is 5.11 Å². The van der Waals surface area contributed by atoms with Crippen LogP contribution >= 0.6 is 11.3 Å². The van der Waals surface area contributed by atoms with Crippen LogP contribution in [0, 0.1) is 12.7 Å². The number of aryl methyl sites for hydroxylation is 1. The minimum atomic E-state index is -1.00. The molecule has 0 radical (unpaired) electrons. The average Bonchev–Trinajstić information content (AvgIpc) is 2.42. The third-order valence-corrected chi connectivity index (χ3v) is 3.19. The van der Waals surface area contributed by atoms with Gasteiger partial charge in [0.2, 0.25) is 0 Å². The molecule has 0 saturated carbocycles. The van der Waals surface area contributed by atoms with Gasteiger partial charge in [-0.25, -0.2) is 9.18 Å². The zero-order chi connectivity index (χ0) is 10.3. The molecule has 0 spiro atoms. The molecule has 14 heavy (non-hydrogen) atoms. The Morgan fingerprint density at radius 2 is 2.21 bits per heavy atom. The number of hydrogen-bond donors (Lipinski definition) is 1. The predicted molar refractivity (Wildman–Crippen MR) is 53.5 cm³/mol. The normalized spacial score (nSPS) is 10.7. The van der Waals surface area contributed by atoms with Crippen molar-refractivity contribution in [2.24, 2.45) is 0 Å². The first-order valence-corrected chi connectivity index (χ1v) is 4.84. The maximum Gasteiger partial charge on any atom is 0.337 e. The van der Waals surface area contributed by atoms with Crippen LogP contribution in [0.15, 0.2) is 18.2 Å². The summed E-state index contributed by atoms with van der Waals surface area (Å²) in [6, 6.07) is 4.49. The van der Waals surface area contributed by atoms with Crippen molar-refractivity contribution in [2.45, 2.75) is 6.92 Å². The number of hydrogen-bond acceptors (Lipinski definition) is 2. The van der Waals surface area contributed by atoms with E-state index in [2.05, 4.69) is 0 Å². The predicted octanol–water partition coefficient (Wildman–Crippen LogP) is 3.05. The van der Waals surface area contributed by atoms with Crippen LogP contribution in [0.5, 0.6) is 0 Å². The molecular formula is C10H7FO2S. The molecule has 0 aliphatic heterocycles. The van der Waals surface area contributed by atoms with E-state index >= 15 is 0 Å². The lowest BCUT2D eigenvalue weighted by Crippen LogP contribution is -1.96. The van der Waals surface area contributed by atoms with Crippen LogP contribution in [0.2, 0.25) is 0 Å². The SMILES string of the molecule is Cc1sc2c(F)cccc2c1C(=O)O. The molecule has 0 fully saturated rings. The van der Waals surface area contributed by atoms with Crippen molar-refractivity contribution in [2.75, 3.05) is 0 Å². The van der Waals surface area contributed by atoms with E-state index in [1.165, 1.54) is 23.5 Å². The number of rotatable bonds is 1. The molecule has 2 rings (SSSR count). The highest BCUT2D eigenvalue weighted by atomic mass is 32.1. The van der Waals surface area contributed by atoms with Crippen LogP contribution in [0.25, 0.3) is 10.1 Å². The van der Waals surface area contributed by atoms with Gasteiger partial charge in [0.25, 0.3) is 0 Å². The Bertz CT molecular complexity index is 516. The van der Waals surface area contributed by atoms with E-state index in [-0.39, 0.29) is 11.4 Å². The van der Waals surface area contributed by atoms with Crippen LogP contribution in [-0.4, -0.2) is 11.1 Å². The molecule has 2 nitrogen and oxygen atoms in total. The quantitative estimate of drug-likeness (QED) is 0.785. The first-order valence-electron chi connectivity index (χ1n) is 4.02. The van der Waals surface area contributed by atoms with Gasteiger partial charge in [0.05, 0.1) is 10.3 Å². The van der Waals surface area contributed by atoms with Crippen LogP contribution in [0.1, 0.15) is 15.2 Å². The van der Waals surface area contributed by atoms with Gasteiger partial charge in [-0.1, -0.05) is 12.1 Å². The first kappa shape index (κ1) is 9.15. The van der Waals surface area contributed by atoms with Gasteiger partial charge in [0.1, 0.15) is 5.82 Å². The number of carboxylic acids is 1. The number of halogens is 1. The molecule has 1 heterocycles. The van der Waals surface area contributed by atoms with Crippen molar-refractivity contribution >= 4 is 27.4 Å². The van der Waals surface area contributed by atoms with Crippen LogP contribution in [-0.2, 0) is 0 Å². The van der Waals surface area contributed by atoms with E-state index in [1.54, 1.807) is 13.0 Å². The fraction of sp³-hybridized carbons (Fsp3) is 0.100. The maximum atomic E-state index is 13.3. The van der Waals surface area contributed by atoms with E-state index in [4.69, 9.17) is 5.11 Å². The standard InChI is InChI=1S/C10H7FO2S/c1-5-8(10(12)13)6-3-2-4-7(11)9(6)14-5/h2-4H,1H3,(H,12,13). The molecule has 1 N–H and O–H groups in total. The zero-order valence-corrected chi connectivity index (χ0v) is 8.19. The lowest BCUT2D eigenvalue weighted by molar-refractivity contribution is 0.0699. The molecule has 0 bridgehead atoms. The minimum absolute atomic E-state index is 0.213. The highest BCUT2D eigenvalue weighted by molar-refractivity contribution is 7.19. The molecule has 72 valence electrons. The minimum Gasteiger partial charge on any atom is -0.478 e. The van der Waals surface area contributed by atoms with Crippen molar-refractivity contribution in [3.8, 4) is 0 Å². The number of carbonyl (C=O) groups is 1. The van der Waals surface area contributed by atoms with E-state index < -0.39 is 5.97 Å². The summed E-state index contributed by atoms with van der Waals surface area (Å²) in [5.41, 5.74) is 0.213. The molecule has 1 aromatic heterocycles. The molecule has 0 unspecified atom stereocenters. The van der Waals surface area contributed by atoms with Gasteiger partial charge in [0.15, 0.2) is 0 Å². The number of thiophene rings is 1. The summed E-state index contributed by atoms with van der Waals surface area (Å²) in [4.78, 5) is 11.5. The molecule has 0 atom stereocenters. The van der Waals surface area contributed by atoms with Gasteiger partial charge in [-0.15, -0.1) is 11.3 Å². The summed E-state index contributed by atoms with van der Waals surface area (Å²) < 4.78 is 13.7. The van der Waals surface area contributed by atoms with E-state index in [0.717, 1.165) is 0 Å². The van der Waals surface area contributed by atoms with Crippen LogP contribution in [0.4, 0.5) is 4.39 Å². The van der Waals surface area contributed by atoms with E-state index in [9.17, 15) is 9.18 Å². The molecule has 1 aromatic carbocycles. The van der Waals surface area contributed by atoms with Crippen LogP contribution < -0.4 is 0 Å². The Balaban J connectivity index is 2.90. The number of fused-ring (bicyclic) bond motifs is 1. The van der Waals surface area contributed by atoms with Gasteiger partial charge in [-0.05, 0) is 13.0 Å². The monoisotopic (exact) mass is 210 g/mol. The van der Waals surface area contributed by atoms with Gasteiger partial charge >= 0.3 is 5.97 Å². The molecule has 0 amide bonds. The second-order valence-corrected chi connectivity index (χ2v) is 4.18. The maximum absolute atomic E-state index is 13.3. The summed E-state index contributed by atoms with van der Waals surface area (Å²) in [5.74, 6) is -1.36. The summed E-state index contributed by atoms with van der Waals surface area (Å²) >= 11 is 1.18. The largest absolute Gasteiger partial charge is 0.478 e. The topological polar surface area (TPSA) is 37.3 Å². The molecule has 0 saturated heterocycles. The lowest BCUT2D eigenvalue weighted by atomic mass is 10.1. The Morgan fingerprint density at radius 1 is 1.50 bits per heavy atom. The second-order valence-electron chi connectivity index (χ2n) is 2.95. The summed E-state index contributed by atoms with van der Waals surface area (Å²) in [5, 5.41) is 9.41. The Hall–Kier alpha value is -1.42. The van der Waals surface area contributed by atoms with Crippen molar-refractivity contribution in [1.29, 1.82) is 0 Å². The summed E-state index contributed by atoms with van der Waals surface area (Å²) in [6.45, 7) is 1.69. The average molecular weight is 210 g/mol. The Labute approximate surface area is 83.6 Å². The molecular weight excluding hydrogens is 203 g/mol. The highest BCUT2D eigenvalue weighted by Crippen LogP contribution is 2.32. The van der Waals surface area contributed by atoms with Gasteiger partial charge in [-0.3, -0.25) is 0 Å². The van der Waals surface area contributed by atoms with Crippen molar-refractivity contribution in [3.05, 3.63) is 34.5 Å². The molecule has 0 aliphatic rings. The Kier molecular flexibility index (Phi) is 2.00. The first-order chi connectivity index (χ1) is 6.61. The third-order valence-electron chi connectivity index (χ3n) is 2.06. The Morgan fingerprint density at radius 3 is 2.86 bits per heavy atom. The molecule has 0 aliphatic carbocycles. The number of carboxylic acid groups (broad SMARTS) is 1. The van der Waals surface area contributed by atoms with Gasteiger partial charge in [0, 0.05) is 10.3 Å². The smallest absolute Gasteiger partial charge is 0.337 e. The lowest BCUT2D eigenvalue weighted by Gasteiger charge is -1.93. The second kappa shape index (κ2) is 3.06. The van der Waals surface area contributed by atoms with Crippen molar-refractivity contribution in [1.82, 2.24) is 0 Å².